The number of anilines is 6. The molecule has 0 fully saturated rings. The van der Waals surface area contributed by atoms with Crippen LogP contribution in [0.2, 0.25) is 0 Å². The maximum absolute atomic E-state index is 2.49. The molecule has 116 heavy (non-hydrogen) atoms. The fraction of sp³-hybridized carbons (Fsp3) is 0.0357. The van der Waals surface area contributed by atoms with Crippen molar-refractivity contribution in [1.29, 1.82) is 0 Å². The average Bonchev–Trinajstić information content (AvgIpc) is 1.54. The summed E-state index contributed by atoms with van der Waals surface area (Å²) in [5.74, 6) is 0. The Morgan fingerprint density at radius 1 is 0.190 bits per heavy atom. The third-order valence-electron chi connectivity index (χ3n) is 24.7. The average molecular weight is 1510 g/mol. The van der Waals surface area contributed by atoms with E-state index in [4.69, 9.17) is 0 Å². The van der Waals surface area contributed by atoms with Crippen LogP contribution in [0.5, 0.6) is 0 Å². The molecule has 0 saturated carbocycles. The number of aryl methyl sites for hydroxylation is 2. The predicted molar refractivity (Wildman–Crippen MR) is 493 cm³/mol. The fourth-order valence-electron chi connectivity index (χ4n) is 19.5. The minimum atomic E-state index is -0.507. The van der Waals surface area contributed by atoms with Crippen LogP contribution >= 0.6 is 22.7 Å². The van der Waals surface area contributed by atoms with Gasteiger partial charge in [0.2, 0.25) is 0 Å². The molecule has 22 rings (SSSR count). The lowest BCUT2D eigenvalue weighted by atomic mass is 9.67. The van der Waals surface area contributed by atoms with Crippen molar-refractivity contribution < 1.29 is 0 Å². The van der Waals surface area contributed by atoms with E-state index in [1.165, 1.54) is 129 Å². The maximum atomic E-state index is 2.49. The molecular weight excluding hydrogens is 1440 g/mol. The lowest BCUT2D eigenvalue weighted by Crippen LogP contribution is -2.28. The molecule has 4 heteroatoms. The molecule has 20 aromatic rings. The Labute approximate surface area is 684 Å². The van der Waals surface area contributed by atoms with Gasteiger partial charge in [0.25, 0.3) is 0 Å². The molecule has 0 unspecified atom stereocenters. The van der Waals surface area contributed by atoms with Crippen LogP contribution in [-0.4, -0.2) is 0 Å². The highest BCUT2D eigenvalue weighted by Gasteiger charge is 2.48. The number of hydrogen-bond donors (Lipinski definition) is 0. The first-order valence-corrected chi connectivity index (χ1v) is 41.7. The van der Waals surface area contributed by atoms with Gasteiger partial charge >= 0.3 is 0 Å². The van der Waals surface area contributed by atoms with Gasteiger partial charge in [0.15, 0.2) is 0 Å². The lowest BCUT2D eigenvalue weighted by molar-refractivity contribution is 0.769. The first kappa shape index (κ1) is 68.8. The summed E-state index contributed by atoms with van der Waals surface area (Å²) < 4.78 is 5.17. The summed E-state index contributed by atoms with van der Waals surface area (Å²) in [5.41, 5.74) is 34.8. The minimum absolute atomic E-state index is 0.507. The number of nitrogens with zero attached hydrogens (tertiary/aromatic N) is 2. The van der Waals surface area contributed by atoms with Crippen molar-refractivity contribution in [2.75, 3.05) is 9.80 Å². The van der Waals surface area contributed by atoms with Gasteiger partial charge in [0.05, 0.1) is 22.2 Å². The SMILES string of the molecule is Cc1cc(-c2ccc(N(c3ccc(-c4ccc5c(c4)C(c4ccccc4)(c4ccccc4)c4ccccc4-5)cc3)c3ccccc3-c3ccc4sc5ccccc5c4c3)c(C)c2)ccc1N(c1ccc(-c2ccc3c(c2)C(c2ccccc2)(c2ccccc2)c2ccccc2-3)cc1)c1ccccc1-c1ccc2sc3ccccc3c2c1. The maximum Gasteiger partial charge on any atom is 0.0713 e. The Morgan fingerprint density at radius 3 is 0.871 bits per heavy atom. The second-order valence-electron chi connectivity index (χ2n) is 31.0. The van der Waals surface area contributed by atoms with Crippen LogP contribution in [0.15, 0.2) is 425 Å². The number of thiophene rings is 2. The highest BCUT2D eigenvalue weighted by atomic mass is 32.1. The third kappa shape index (κ3) is 11.0. The van der Waals surface area contributed by atoms with E-state index in [0.717, 1.165) is 78.6 Å². The van der Waals surface area contributed by atoms with Crippen molar-refractivity contribution >= 4 is 97.1 Å². The van der Waals surface area contributed by atoms with Gasteiger partial charge in [0, 0.05) is 74.2 Å². The second kappa shape index (κ2) is 28.0. The molecule has 0 aliphatic heterocycles. The number of para-hydroxylation sites is 2. The summed E-state index contributed by atoms with van der Waals surface area (Å²) in [6.45, 7) is 4.57. The lowest BCUT2D eigenvalue weighted by Gasteiger charge is -2.34. The van der Waals surface area contributed by atoms with Crippen molar-refractivity contribution in [1.82, 2.24) is 0 Å². The largest absolute Gasteiger partial charge is 0.310 e. The molecular formula is C112H76N2S2. The van der Waals surface area contributed by atoms with Gasteiger partial charge in [-0.1, -0.05) is 315 Å². The topological polar surface area (TPSA) is 6.48 Å². The number of rotatable bonds is 15. The zero-order chi connectivity index (χ0) is 77.0. The number of fused-ring (bicyclic) bond motifs is 12. The van der Waals surface area contributed by atoms with Crippen LogP contribution in [-0.2, 0) is 10.8 Å². The molecule has 18 aromatic carbocycles. The van der Waals surface area contributed by atoms with Crippen molar-refractivity contribution in [3.8, 4) is 77.9 Å². The summed E-state index contributed by atoms with van der Waals surface area (Å²) in [6.07, 6.45) is 0. The summed E-state index contributed by atoms with van der Waals surface area (Å²) in [6, 6.07) is 159. The Bertz CT molecular complexity index is 6710. The van der Waals surface area contributed by atoms with Gasteiger partial charge in [-0.15, -0.1) is 22.7 Å². The molecule has 2 aliphatic carbocycles. The molecule has 0 radical (unpaired) electrons. The van der Waals surface area contributed by atoms with Crippen LogP contribution < -0.4 is 9.80 Å². The van der Waals surface area contributed by atoms with Crippen LogP contribution in [0.25, 0.3) is 118 Å². The van der Waals surface area contributed by atoms with E-state index >= 15 is 0 Å². The molecule has 0 saturated heterocycles. The van der Waals surface area contributed by atoms with Crippen molar-refractivity contribution in [3.63, 3.8) is 0 Å². The highest BCUT2D eigenvalue weighted by molar-refractivity contribution is 7.26. The standard InChI is InChI=1S/C112H76N2S2/c1-73-67-77(53-63-103(73)113(105-43-23-17-35-89(105)81-55-65-109-97(69-81)95-39-19-25-45-107(95)115-109)87-57-47-75(48-58-87)79-51-61-93-91-37-15-21-41-99(91)111(101(93)71-79,83-27-7-3-8-28-83)84-29-9-4-10-30-84)78-54-64-104(74(2)68-78)114(106-44-24-18-36-90(106)82-56-66-110-98(70-82)96-40-20-26-46-108(96)116-110)88-59-49-76(50-60-88)80-52-62-94-92-38-16-22-42-100(92)112(102(94)72-80,85-31-11-5-12-32-85)86-33-13-6-14-34-86/h3-72H,1-2H3. The van der Waals surface area contributed by atoms with Gasteiger partial charge in [-0.05, 0) is 245 Å². The normalized spacial score (nSPS) is 12.9. The monoisotopic (exact) mass is 1510 g/mol. The first-order valence-electron chi connectivity index (χ1n) is 40.1. The first-order chi connectivity index (χ1) is 57.3. The van der Waals surface area contributed by atoms with Gasteiger partial charge in [-0.25, -0.2) is 0 Å². The van der Waals surface area contributed by atoms with E-state index in [1.807, 2.05) is 22.7 Å². The van der Waals surface area contributed by atoms with Gasteiger partial charge in [-0.2, -0.15) is 0 Å². The van der Waals surface area contributed by atoms with Gasteiger partial charge in [0.1, 0.15) is 0 Å². The van der Waals surface area contributed by atoms with Gasteiger partial charge < -0.3 is 9.80 Å². The smallest absolute Gasteiger partial charge is 0.0713 e. The van der Waals surface area contributed by atoms with E-state index < -0.39 is 10.8 Å². The van der Waals surface area contributed by atoms with E-state index in [9.17, 15) is 0 Å². The van der Waals surface area contributed by atoms with E-state index in [1.54, 1.807) is 0 Å². The second-order valence-corrected chi connectivity index (χ2v) is 33.2. The van der Waals surface area contributed by atoms with E-state index in [2.05, 4.69) is 448 Å². The predicted octanol–water partition coefficient (Wildman–Crippen LogP) is 31.0. The minimum Gasteiger partial charge on any atom is -0.310 e. The Kier molecular flexibility index (Phi) is 16.6. The zero-order valence-electron chi connectivity index (χ0n) is 64.1. The quantitative estimate of drug-likeness (QED) is 0.101. The molecule has 0 atom stereocenters. The molecule has 546 valence electrons. The van der Waals surface area contributed by atoms with Crippen LogP contribution in [0.3, 0.4) is 0 Å². The molecule has 2 nitrogen and oxygen atoms in total. The summed E-state index contributed by atoms with van der Waals surface area (Å²) in [5, 5.41) is 5.13. The van der Waals surface area contributed by atoms with Crippen LogP contribution in [0.4, 0.5) is 34.1 Å². The van der Waals surface area contributed by atoms with Crippen LogP contribution in [0.1, 0.15) is 55.6 Å². The van der Waals surface area contributed by atoms with Gasteiger partial charge in [-0.3, -0.25) is 0 Å². The summed E-state index contributed by atoms with van der Waals surface area (Å²) in [7, 11) is 0. The van der Waals surface area contributed by atoms with Crippen molar-refractivity contribution in [2.24, 2.45) is 0 Å². The summed E-state index contributed by atoms with van der Waals surface area (Å²) in [4.78, 5) is 4.98. The molecule has 0 N–H and O–H groups in total. The third-order valence-corrected chi connectivity index (χ3v) is 27.0. The Balaban J connectivity index is 0.653. The molecule has 2 heterocycles. The Morgan fingerprint density at radius 2 is 0.483 bits per heavy atom. The molecule has 0 bridgehead atoms. The fourth-order valence-corrected chi connectivity index (χ4v) is 21.6. The number of benzene rings is 18. The van der Waals surface area contributed by atoms with E-state index in [-0.39, 0.29) is 0 Å². The zero-order valence-corrected chi connectivity index (χ0v) is 65.8. The molecule has 2 aromatic heterocycles. The highest BCUT2D eigenvalue weighted by Crippen LogP contribution is 2.60. The molecule has 0 amide bonds. The summed E-state index contributed by atoms with van der Waals surface area (Å²) >= 11 is 3.72. The van der Waals surface area contributed by atoms with Crippen molar-refractivity contribution in [2.45, 2.75) is 24.7 Å². The molecule has 0 spiro atoms. The van der Waals surface area contributed by atoms with Crippen molar-refractivity contribution in [3.05, 3.63) is 480 Å². The Hall–Kier alpha value is -14.0. The molecule has 2 aliphatic rings. The van der Waals surface area contributed by atoms with E-state index in [0.29, 0.717) is 0 Å². The van der Waals surface area contributed by atoms with Crippen LogP contribution in [0, 0.1) is 13.8 Å². The number of hydrogen-bond acceptors (Lipinski definition) is 4.